The predicted octanol–water partition coefficient (Wildman–Crippen LogP) is 2.55. The van der Waals surface area contributed by atoms with Gasteiger partial charge in [-0.2, -0.15) is 0 Å². The Morgan fingerprint density at radius 3 is 2.22 bits per heavy atom. The van der Waals surface area contributed by atoms with E-state index in [4.69, 9.17) is 4.74 Å². The lowest BCUT2D eigenvalue weighted by atomic mass is 10.2. The average molecular weight is 316 g/mol. The van der Waals surface area contributed by atoms with Crippen LogP contribution >= 0.6 is 0 Å². The van der Waals surface area contributed by atoms with Crippen molar-refractivity contribution in [2.24, 2.45) is 0 Å². The fourth-order valence-corrected chi connectivity index (χ4v) is 1.71. The molecule has 0 aromatic heterocycles. The lowest BCUT2D eigenvalue weighted by molar-refractivity contribution is -0.130. The second-order valence-corrected chi connectivity index (χ2v) is 5.06. The second kappa shape index (κ2) is 7.40. The SMILES string of the molecule is CN(C)C(=O)COc1ccc(NC(=O)c2ccc(F)cc2)cc1. The van der Waals surface area contributed by atoms with Crippen LogP contribution in [0.25, 0.3) is 0 Å². The highest BCUT2D eigenvalue weighted by atomic mass is 19.1. The maximum Gasteiger partial charge on any atom is 0.259 e. The van der Waals surface area contributed by atoms with Crippen molar-refractivity contribution < 1.29 is 18.7 Å². The van der Waals surface area contributed by atoms with Gasteiger partial charge in [0.15, 0.2) is 6.61 Å². The number of hydrogen-bond donors (Lipinski definition) is 1. The first kappa shape index (κ1) is 16.5. The van der Waals surface area contributed by atoms with Crippen molar-refractivity contribution in [2.45, 2.75) is 0 Å². The Kier molecular flexibility index (Phi) is 5.30. The van der Waals surface area contributed by atoms with Gasteiger partial charge in [0.25, 0.3) is 11.8 Å². The molecule has 0 unspecified atom stereocenters. The van der Waals surface area contributed by atoms with Gasteiger partial charge in [0, 0.05) is 25.3 Å². The second-order valence-electron chi connectivity index (χ2n) is 5.06. The fraction of sp³-hybridized carbons (Fsp3) is 0.176. The quantitative estimate of drug-likeness (QED) is 0.922. The molecule has 5 nitrogen and oxygen atoms in total. The van der Waals surface area contributed by atoms with Crippen molar-refractivity contribution in [3.8, 4) is 5.75 Å². The number of likely N-dealkylation sites (N-methyl/N-ethyl adjacent to an activating group) is 1. The first-order valence-electron chi connectivity index (χ1n) is 6.95. The lowest BCUT2D eigenvalue weighted by Gasteiger charge is -2.11. The molecular weight excluding hydrogens is 299 g/mol. The number of benzene rings is 2. The summed E-state index contributed by atoms with van der Waals surface area (Å²) in [4.78, 5) is 24.9. The number of amides is 2. The number of carbonyl (C=O) groups excluding carboxylic acids is 2. The van der Waals surface area contributed by atoms with Gasteiger partial charge in [-0.15, -0.1) is 0 Å². The summed E-state index contributed by atoms with van der Waals surface area (Å²) in [5.41, 5.74) is 0.939. The minimum absolute atomic E-state index is 0.0473. The number of nitrogens with one attached hydrogen (secondary N) is 1. The highest BCUT2D eigenvalue weighted by molar-refractivity contribution is 6.04. The van der Waals surface area contributed by atoms with E-state index in [0.717, 1.165) is 0 Å². The standard InChI is InChI=1S/C17H17FN2O3/c1-20(2)16(21)11-23-15-9-7-14(8-10-15)19-17(22)12-3-5-13(18)6-4-12/h3-10H,11H2,1-2H3,(H,19,22). The Morgan fingerprint density at radius 1 is 1.04 bits per heavy atom. The van der Waals surface area contributed by atoms with Crippen molar-refractivity contribution in [1.82, 2.24) is 4.90 Å². The zero-order chi connectivity index (χ0) is 16.8. The molecule has 23 heavy (non-hydrogen) atoms. The molecule has 0 aliphatic heterocycles. The van der Waals surface area contributed by atoms with E-state index in [2.05, 4.69) is 5.32 Å². The summed E-state index contributed by atoms with van der Waals surface area (Å²) in [5, 5.41) is 2.70. The Hall–Kier alpha value is -2.89. The first-order chi connectivity index (χ1) is 11.0. The third kappa shape index (κ3) is 4.81. The summed E-state index contributed by atoms with van der Waals surface area (Å²) in [5.74, 6) is -0.338. The molecule has 2 rings (SSSR count). The summed E-state index contributed by atoms with van der Waals surface area (Å²) < 4.78 is 18.2. The van der Waals surface area contributed by atoms with Gasteiger partial charge in [-0.1, -0.05) is 0 Å². The molecule has 0 radical (unpaired) electrons. The van der Waals surface area contributed by atoms with Crippen LogP contribution in [0.1, 0.15) is 10.4 Å². The van der Waals surface area contributed by atoms with E-state index < -0.39 is 5.82 Å². The maximum absolute atomic E-state index is 12.8. The average Bonchev–Trinajstić information content (AvgIpc) is 2.54. The molecule has 0 aliphatic rings. The molecular formula is C17H17FN2O3. The van der Waals surface area contributed by atoms with E-state index in [1.165, 1.54) is 29.2 Å². The Labute approximate surface area is 133 Å². The van der Waals surface area contributed by atoms with Gasteiger partial charge in [0.1, 0.15) is 11.6 Å². The molecule has 0 spiro atoms. The minimum Gasteiger partial charge on any atom is -0.484 e. The zero-order valence-corrected chi connectivity index (χ0v) is 12.9. The van der Waals surface area contributed by atoms with E-state index in [0.29, 0.717) is 17.0 Å². The molecule has 0 saturated heterocycles. The van der Waals surface area contributed by atoms with Crippen LogP contribution in [-0.4, -0.2) is 37.4 Å². The van der Waals surface area contributed by atoms with E-state index >= 15 is 0 Å². The molecule has 0 heterocycles. The lowest BCUT2D eigenvalue weighted by Crippen LogP contribution is -2.27. The summed E-state index contributed by atoms with van der Waals surface area (Å²) >= 11 is 0. The van der Waals surface area contributed by atoms with E-state index in [1.807, 2.05) is 0 Å². The number of halogens is 1. The van der Waals surface area contributed by atoms with E-state index in [1.54, 1.807) is 38.4 Å². The Balaban J connectivity index is 1.93. The molecule has 1 N–H and O–H groups in total. The molecule has 2 aromatic rings. The molecule has 2 aromatic carbocycles. The van der Waals surface area contributed by atoms with Crippen molar-refractivity contribution in [1.29, 1.82) is 0 Å². The molecule has 120 valence electrons. The largest absolute Gasteiger partial charge is 0.484 e. The van der Waals surface area contributed by atoms with Gasteiger partial charge < -0.3 is 15.0 Å². The first-order valence-corrected chi connectivity index (χ1v) is 6.95. The minimum atomic E-state index is -0.393. The van der Waals surface area contributed by atoms with Gasteiger partial charge in [-0.25, -0.2) is 4.39 Å². The number of nitrogens with zero attached hydrogens (tertiary/aromatic N) is 1. The van der Waals surface area contributed by atoms with Gasteiger partial charge in [0.05, 0.1) is 0 Å². The zero-order valence-electron chi connectivity index (χ0n) is 12.9. The highest BCUT2D eigenvalue weighted by Crippen LogP contribution is 2.16. The fourth-order valence-electron chi connectivity index (χ4n) is 1.71. The maximum atomic E-state index is 12.8. The van der Waals surface area contributed by atoms with Crippen molar-refractivity contribution >= 4 is 17.5 Å². The number of hydrogen-bond acceptors (Lipinski definition) is 3. The van der Waals surface area contributed by atoms with Crippen LogP contribution in [0.2, 0.25) is 0 Å². The van der Waals surface area contributed by atoms with Crippen LogP contribution in [0, 0.1) is 5.82 Å². The molecule has 2 amide bonds. The summed E-state index contributed by atoms with van der Waals surface area (Å²) in [6.45, 7) is -0.0473. The van der Waals surface area contributed by atoms with Crippen LogP contribution < -0.4 is 10.1 Å². The highest BCUT2D eigenvalue weighted by Gasteiger charge is 2.07. The molecule has 6 heteroatoms. The third-order valence-electron chi connectivity index (χ3n) is 3.08. The number of rotatable bonds is 5. The van der Waals surface area contributed by atoms with E-state index in [-0.39, 0.29) is 18.4 Å². The normalized spacial score (nSPS) is 10.0. The van der Waals surface area contributed by atoms with Gasteiger partial charge in [-0.05, 0) is 48.5 Å². The Bertz CT molecular complexity index is 682. The molecule has 0 fully saturated rings. The Morgan fingerprint density at radius 2 is 1.65 bits per heavy atom. The molecule has 0 aliphatic carbocycles. The smallest absolute Gasteiger partial charge is 0.259 e. The van der Waals surface area contributed by atoms with Gasteiger partial charge in [-0.3, -0.25) is 9.59 Å². The molecule has 0 bridgehead atoms. The van der Waals surface area contributed by atoms with Gasteiger partial charge in [0.2, 0.25) is 0 Å². The summed E-state index contributed by atoms with van der Waals surface area (Å²) in [6, 6.07) is 11.9. The van der Waals surface area contributed by atoms with Crippen LogP contribution in [0.5, 0.6) is 5.75 Å². The summed E-state index contributed by atoms with van der Waals surface area (Å²) in [6.07, 6.45) is 0. The third-order valence-corrected chi connectivity index (χ3v) is 3.08. The van der Waals surface area contributed by atoms with Gasteiger partial charge >= 0.3 is 0 Å². The number of ether oxygens (including phenoxy) is 1. The molecule has 0 atom stereocenters. The predicted molar refractivity (Wildman–Crippen MR) is 85.0 cm³/mol. The van der Waals surface area contributed by atoms with Crippen LogP contribution in [-0.2, 0) is 4.79 Å². The van der Waals surface area contributed by atoms with E-state index in [9.17, 15) is 14.0 Å². The molecule has 0 saturated carbocycles. The van der Waals surface area contributed by atoms with Crippen LogP contribution in [0.15, 0.2) is 48.5 Å². The summed E-state index contributed by atoms with van der Waals surface area (Å²) in [7, 11) is 3.31. The van der Waals surface area contributed by atoms with Crippen molar-refractivity contribution in [3.05, 3.63) is 59.9 Å². The number of carbonyl (C=O) groups is 2. The monoisotopic (exact) mass is 316 g/mol. The van der Waals surface area contributed by atoms with Crippen LogP contribution in [0.3, 0.4) is 0 Å². The van der Waals surface area contributed by atoms with Crippen molar-refractivity contribution in [2.75, 3.05) is 26.0 Å². The van der Waals surface area contributed by atoms with Crippen molar-refractivity contribution in [3.63, 3.8) is 0 Å². The topological polar surface area (TPSA) is 58.6 Å². The van der Waals surface area contributed by atoms with Crippen LogP contribution in [0.4, 0.5) is 10.1 Å². The number of anilines is 1.